The molecule has 0 saturated carbocycles. The molecule has 0 atom stereocenters. The molecule has 2 aromatic rings. The Morgan fingerprint density at radius 1 is 0.900 bits per heavy atom. The number of nitrogens with zero attached hydrogens (tertiary/aromatic N) is 2. The number of rotatable bonds is 4. The van der Waals surface area contributed by atoms with E-state index in [1.165, 1.54) is 31.3 Å². The zero-order valence-corrected chi connectivity index (χ0v) is 18.0. The van der Waals surface area contributed by atoms with Gasteiger partial charge in [-0.05, 0) is 62.0 Å². The van der Waals surface area contributed by atoms with E-state index >= 15 is 0 Å². The third-order valence-electron chi connectivity index (χ3n) is 4.85. The summed E-state index contributed by atoms with van der Waals surface area (Å²) in [6.45, 7) is 1.84. The van der Waals surface area contributed by atoms with Gasteiger partial charge < -0.3 is 15.1 Å². The molecule has 1 heterocycles. The summed E-state index contributed by atoms with van der Waals surface area (Å²) in [5.74, 6) is -0.191. The molecule has 0 spiro atoms. The van der Waals surface area contributed by atoms with Crippen molar-refractivity contribution in [2.24, 2.45) is 0 Å². The normalized spacial score (nSPS) is 14.9. The number of hydrogen-bond acceptors (Lipinski definition) is 4. The van der Waals surface area contributed by atoms with Crippen LogP contribution in [0, 0.1) is 0 Å². The van der Waals surface area contributed by atoms with Crippen LogP contribution in [0.25, 0.3) is 0 Å². The van der Waals surface area contributed by atoms with Crippen LogP contribution in [-0.2, 0) is 10.0 Å². The predicted molar refractivity (Wildman–Crippen MR) is 115 cm³/mol. The van der Waals surface area contributed by atoms with E-state index in [0.717, 1.165) is 0 Å². The van der Waals surface area contributed by atoms with Crippen molar-refractivity contribution in [2.45, 2.75) is 11.3 Å². The molecule has 3 amide bonds. The topological polar surface area (TPSA) is 98.8 Å². The maximum Gasteiger partial charge on any atom is 0.321 e. The van der Waals surface area contributed by atoms with Crippen molar-refractivity contribution in [3.8, 4) is 0 Å². The largest absolute Gasteiger partial charge is 0.337 e. The molecule has 1 fully saturated rings. The highest BCUT2D eigenvalue weighted by atomic mass is 35.5. The predicted octanol–water partition coefficient (Wildman–Crippen LogP) is 2.63. The van der Waals surface area contributed by atoms with Crippen molar-refractivity contribution in [3.63, 3.8) is 0 Å². The Balaban J connectivity index is 1.61. The van der Waals surface area contributed by atoms with Crippen molar-refractivity contribution in [3.05, 3.63) is 59.1 Å². The van der Waals surface area contributed by atoms with Crippen LogP contribution in [0.15, 0.2) is 53.4 Å². The lowest BCUT2D eigenvalue weighted by Gasteiger charge is -2.22. The summed E-state index contributed by atoms with van der Waals surface area (Å²) in [7, 11) is -2.22. The second kappa shape index (κ2) is 9.46. The summed E-state index contributed by atoms with van der Waals surface area (Å²) in [6.07, 6.45) is 0.645. The minimum absolute atomic E-state index is 0.0995. The molecule has 30 heavy (non-hydrogen) atoms. The van der Waals surface area contributed by atoms with Crippen molar-refractivity contribution < 1.29 is 18.0 Å². The first-order valence-electron chi connectivity index (χ1n) is 9.44. The molecule has 0 aromatic heterocycles. The van der Waals surface area contributed by atoms with Crippen molar-refractivity contribution in [1.29, 1.82) is 0 Å². The van der Waals surface area contributed by atoms with Gasteiger partial charge in [-0.2, -0.15) is 0 Å². The Labute approximate surface area is 180 Å². The van der Waals surface area contributed by atoms with Crippen LogP contribution < -0.4 is 10.0 Å². The van der Waals surface area contributed by atoms with Gasteiger partial charge in [0.1, 0.15) is 0 Å². The Hall–Kier alpha value is -2.62. The quantitative estimate of drug-likeness (QED) is 0.747. The van der Waals surface area contributed by atoms with E-state index in [1.807, 2.05) is 0 Å². The average molecular weight is 451 g/mol. The van der Waals surface area contributed by atoms with Gasteiger partial charge in [0, 0.05) is 42.5 Å². The molecule has 1 aliphatic heterocycles. The third kappa shape index (κ3) is 5.29. The van der Waals surface area contributed by atoms with Crippen LogP contribution in [0.2, 0.25) is 5.02 Å². The highest BCUT2D eigenvalue weighted by Gasteiger charge is 2.23. The Kier molecular flexibility index (Phi) is 6.96. The molecule has 0 aliphatic carbocycles. The van der Waals surface area contributed by atoms with Crippen molar-refractivity contribution >= 4 is 39.2 Å². The van der Waals surface area contributed by atoms with Gasteiger partial charge in [0.15, 0.2) is 0 Å². The number of amides is 3. The number of halogens is 1. The van der Waals surface area contributed by atoms with Gasteiger partial charge in [-0.25, -0.2) is 17.9 Å². The fourth-order valence-corrected chi connectivity index (χ4v) is 3.99. The molecule has 0 bridgehead atoms. The van der Waals surface area contributed by atoms with Gasteiger partial charge >= 0.3 is 6.03 Å². The average Bonchev–Trinajstić information content (AvgIpc) is 3.01. The lowest BCUT2D eigenvalue weighted by atomic mass is 10.2. The fraction of sp³-hybridized carbons (Fsp3) is 0.300. The number of carbonyl (C=O) groups excluding carboxylic acids is 2. The summed E-state index contributed by atoms with van der Waals surface area (Å²) in [5, 5.41) is 3.42. The van der Waals surface area contributed by atoms with Crippen LogP contribution in [-0.4, -0.2) is 63.4 Å². The first-order valence-corrected chi connectivity index (χ1v) is 11.3. The number of anilines is 1. The van der Waals surface area contributed by atoms with Crippen molar-refractivity contribution in [2.75, 3.05) is 38.5 Å². The second-order valence-corrected chi connectivity index (χ2v) is 9.12. The maximum atomic E-state index is 12.8. The molecular formula is C20H23ClN4O4S. The molecule has 0 radical (unpaired) electrons. The first-order chi connectivity index (χ1) is 14.3. The highest BCUT2D eigenvalue weighted by Crippen LogP contribution is 2.16. The third-order valence-corrected chi connectivity index (χ3v) is 6.53. The van der Waals surface area contributed by atoms with Crippen LogP contribution in [0.1, 0.15) is 16.8 Å². The van der Waals surface area contributed by atoms with E-state index in [0.29, 0.717) is 48.9 Å². The van der Waals surface area contributed by atoms with Crippen LogP contribution >= 0.6 is 11.6 Å². The molecule has 1 aliphatic rings. The summed E-state index contributed by atoms with van der Waals surface area (Å²) in [6, 6.07) is 12.4. The highest BCUT2D eigenvalue weighted by molar-refractivity contribution is 7.89. The first kappa shape index (κ1) is 22.1. The lowest BCUT2D eigenvalue weighted by Crippen LogP contribution is -2.39. The van der Waals surface area contributed by atoms with Crippen LogP contribution in [0.4, 0.5) is 10.5 Å². The van der Waals surface area contributed by atoms with Gasteiger partial charge in [-0.15, -0.1) is 0 Å². The Bertz CT molecular complexity index is 1010. The summed E-state index contributed by atoms with van der Waals surface area (Å²) in [5.41, 5.74) is 1.06. The van der Waals surface area contributed by atoms with Gasteiger partial charge in [0.2, 0.25) is 10.0 Å². The van der Waals surface area contributed by atoms with E-state index in [9.17, 15) is 18.0 Å². The SMILES string of the molecule is CNS(=O)(=O)c1ccc(C(=O)N2CCCN(C(=O)Nc3ccc(Cl)cc3)CC2)cc1. The smallest absolute Gasteiger partial charge is 0.321 e. The zero-order chi connectivity index (χ0) is 21.7. The number of urea groups is 1. The van der Waals surface area contributed by atoms with Crippen LogP contribution in [0.3, 0.4) is 0 Å². The van der Waals surface area contributed by atoms with E-state index in [2.05, 4.69) is 10.0 Å². The summed E-state index contributed by atoms with van der Waals surface area (Å²) in [4.78, 5) is 28.8. The van der Waals surface area contributed by atoms with Gasteiger partial charge in [-0.1, -0.05) is 11.6 Å². The molecule has 8 nitrogen and oxygen atoms in total. The maximum absolute atomic E-state index is 12.8. The Morgan fingerprint density at radius 2 is 1.50 bits per heavy atom. The molecule has 10 heteroatoms. The van der Waals surface area contributed by atoms with Gasteiger partial charge in [-0.3, -0.25) is 4.79 Å². The number of carbonyl (C=O) groups is 2. The molecule has 2 N–H and O–H groups in total. The number of sulfonamides is 1. The lowest BCUT2D eigenvalue weighted by molar-refractivity contribution is 0.0762. The van der Waals surface area contributed by atoms with E-state index in [1.54, 1.807) is 34.1 Å². The minimum Gasteiger partial charge on any atom is -0.337 e. The van der Waals surface area contributed by atoms with E-state index in [4.69, 9.17) is 11.6 Å². The van der Waals surface area contributed by atoms with Gasteiger partial charge in [0.05, 0.1) is 4.90 Å². The fourth-order valence-electron chi connectivity index (χ4n) is 3.14. The summed E-state index contributed by atoms with van der Waals surface area (Å²) >= 11 is 5.86. The molecule has 0 unspecified atom stereocenters. The molecule has 2 aromatic carbocycles. The minimum atomic E-state index is -3.55. The van der Waals surface area contributed by atoms with Crippen LogP contribution in [0.5, 0.6) is 0 Å². The zero-order valence-electron chi connectivity index (χ0n) is 16.5. The number of benzene rings is 2. The Morgan fingerprint density at radius 3 is 2.13 bits per heavy atom. The second-order valence-electron chi connectivity index (χ2n) is 6.80. The van der Waals surface area contributed by atoms with E-state index in [-0.39, 0.29) is 16.8 Å². The molecular weight excluding hydrogens is 428 g/mol. The number of nitrogens with one attached hydrogen (secondary N) is 2. The van der Waals surface area contributed by atoms with Crippen molar-refractivity contribution in [1.82, 2.24) is 14.5 Å². The van der Waals surface area contributed by atoms with E-state index < -0.39 is 10.0 Å². The standard InChI is InChI=1S/C20H23ClN4O4S/c1-22-30(28,29)18-9-3-15(4-10-18)19(26)24-11-2-12-25(14-13-24)20(27)23-17-7-5-16(21)6-8-17/h3-10,22H,2,11-14H2,1H3,(H,23,27). The number of hydrogen-bond donors (Lipinski definition) is 2. The molecule has 160 valence electrons. The molecule has 3 rings (SSSR count). The molecule has 1 saturated heterocycles. The monoisotopic (exact) mass is 450 g/mol. The summed E-state index contributed by atoms with van der Waals surface area (Å²) < 4.78 is 25.9. The van der Waals surface area contributed by atoms with Gasteiger partial charge in [0.25, 0.3) is 5.91 Å².